The molecule has 9 nitrogen and oxygen atoms in total. The summed E-state index contributed by atoms with van der Waals surface area (Å²) in [5.74, 6) is 0.0671. The fourth-order valence-electron chi connectivity index (χ4n) is 8.26. The number of alkyl halides is 2. The Bertz CT molecular complexity index is 1350. The van der Waals surface area contributed by atoms with E-state index < -0.39 is 11.5 Å². The van der Waals surface area contributed by atoms with Crippen molar-refractivity contribution in [2.24, 2.45) is 17.3 Å². The van der Waals surface area contributed by atoms with E-state index in [1.165, 1.54) is 0 Å². The van der Waals surface area contributed by atoms with Crippen molar-refractivity contribution < 1.29 is 18.3 Å². The minimum Gasteiger partial charge on any atom is -0.463 e. The zero-order chi connectivity index (χ0) is 30.5. The molecule has 44 heavy (non-hydrogen) atoms. The van der Waals surface area contributed by atoms with Crippen LogP contribution in [0.5, 0.6) is 6.01 Å². The van der Waals surface area contributed by atoms with Gasteiger partial charge in [-0.3, -0.25) is 15.8 Å². The normalized spacial score (nSPS) is 33.8. The maximum absolute atomic E-state index is 17.0. The van der Waals surface area contributed by atoms with Crippen LogP contribution in [-0.2, 0) is 4.74 Å². The lowest BCUT2D eigenvalue weighted by molar-refractivity contribution is 0.0135. The van der Waals surface area contributed by atoms with E-state index >= 15 is 8.78 Å². The quantitative estimate of drug-likeness (QED) is 0.459. The van der Waals surface area contributed by atoms with Gasteiger partial charge >= 0.3 is 6.01 Å². The largest absolute Gasteiger partial charge is 0.463 e. The Labute approximate surface area is 263 Å². The van der Waals surface area contributed by atoms with Crippen molar-refractivity contribution >= 4 is 28.3 Å². The van der Waals surface area contributed by atoms with Crippen molar-refractivity contribution in [1.82, 2.24) is 30.7 Å². The summed E-state index contributed by atoms with van der Waals surface area (Å²) >= 11 is 7.06. The lowest BCUT2D eigenvalue weighted by Crippen LogP contribution is -2.45. The van der Waals surface area contributed by atoms with Crippen molar-refractivity contribution in [3.8, 4) is 6.01 Å². The van der Waals surface area contributed by atoms with Crippen molar-refractivity contribution in [1.29, 1.82) is 0 Å². The molecule has 0 radical (unpaired) electrons. The first-order chi connectivity index (χ1) is 21.2. The molecule has 2 aliphatic carbocycles. The van der Waals surface area contributed by atoms with Gasteiger partial charge in [-0.1, -0.05) is 6.42 Å². The maximum Gasteiger partial charge on any atom is 0.319 e. The molecule has 0 amide bonds. The second-order valence-corrected chi connectivity index (χ2v) is 15.0. The third kappa shape index (κ3) is 6.11. The molecule has 2 saturated carbocycles. The van der Waals surface area contributed by atoms with Gasteiger partial charge in [0.15, 0.2) is 11.5 Å². The number of anilines is 1. The second-order valence-electron chi connectivity index (χ2n) is 14.4. The highest BCUT2D eigenvalue weighted by molar-refractivity contribution is 6.21. The van der Waals surface area contributed by atoms with Crippen LogP contribution in [0.2, 0.25) is 0 Å². The van der Waals surface area contributed by atoms with E-state index in [1.54, 1.807) is 6.20 Å². The van der Waals surface area contributed by atoms with E-state index in [4.69, 9.17) is 36.0 Å². The van der Waals surface area contributed by atoms with Gasteiger partial charge in [0.05, 0.1) is 30.8 Å². The molecule has 6 aliphatic rings. The predicted octanol–water partition coefficient (Wildman–Crippen LogP) is 4.59. The number of nitrogens with one attached hydrogen (secondary N) is 2. The highest BCUT2D eigenvalue weighted by Crippen LogP contribution is 2.49. The van der Waals surface area contributed by atoms with Crippen molar-refractivity contribution in [2.75, 3.05) is 65.0 Å². The molecule has 4 fully saturated rings. The summed E-state index contributed by atoms with van der Waals surface area (Å²) in [4.78, 5) is 18.5. The molecule has 0 spiro atoms. The molecular weight excluding hydrogens is 588 g/mol. The number of aromatic nitrogens is 3. The fourth-order valence-corrected chi connectivity index (χ4v) is 8.74. The van der Waals surface area contributed by atoms with Gasteiger partial charge in [-0.05, 0) is 77.3 Å². The van der Waals surface area contributed by atoms with E-state index in [0.717, 1.165) is 64.5 Å². The molecule has 8 rings (SSSR count). The van der Waals surface area contributed by atoms with Crippen LogP contribution in [0.15, 0.2) is 6.20 Å². The minimum atomic E-state index is -1.53. The first-order valence-corrected chi connectivity index (χ1v) is 17.0. The van der Waals surface area contributed by atoms with Crippen LogP contribution >= 0.6 is 11.6 Å². The van der Waals surface area contributed by atoms with Crippen molar-refractivity contribution in [3.05, 3.63) is 17.7 Å². The third-order valence-corrected chi connectivity index (χ3v) is 11.1. The number of pyridine rings is 1. The lowest BCUT2D eigenvalue weighted by atomic mass is 9.66. The van der Waals surface area contributed by atoms with Crippen LogP contribution in [0.4, 0.5) is 14.6 Å². The van der Waals surface area contributed by atoms with Gasteiger partial charge < -0.3 is 19.3 Å². The average molecular weight is 634 g/mol. The van der Waals surface area contributed by atoms with Gasteiger partial charge in [-0.15, -0.1) is 11.6 Å². The lowest BCUT2D eigenvalue weighted by Gasteiger charge is -2.42. The summed E-state index contributed by atoms with van der Waals surface area (Å²) in [5.41, 5.74) is 5.78. The molecule has 5 unspecified atom stereocenters. The first kappa shape index (κ1) is 30.7. The van der Waals surface area contributed by atoms with Crippen LogP contribution in [0, 0.1) is 23.1 Å². The topological polar surface area (TPSA) is 87.7 Å². The van der Waals surface area contributed by atoms with Crippen LogP contribution in [-0.4, -0.2) is 97.0 Å². The summed E-state index contributed by atoms with van der Waals surface area (Å²) < 4.78 is 45.7. The van der Waals surface area contributed by atoms with Crippen molar-refractivity contribution in [3.63, 3.8) is 0 Å². The van der Waals surface area contributed by atoms with E-state index in [0.29, 0.717) is 43.1 Å². The average Bonchev–Trinajstić information content (AvgIpc) is 3.64. The Morgan fingerprint density at radius 3 is 2.84 bits per heavy atom. The molecule has 2 saturated heterocycles. The Morgan fingerprint density at radius 2 is 2.02 bits per heavy atom. The third-order valence-electron chi connectivity index (χ3n) is 10.6. The Balaban J connectivity index is 1.34. The van der Waals surface area contributed by atoms with Gasteiger partial charge in [0.1, 0.15) is 11.3 Å². The highest BCUT2D eigenvalue weighted by atomic mass is 35.5. The monoisotopic (exact) mass is 633 g/mol. The molecule has 2 aromatic heterocycles. The van der Waals surface area contributed by atoms with Crippen LogP contribution in [0.1, 0.15) is 69.4 Å². The number of hydrazine groups is 1. The Hall–Kier alpha value is -1.92. The number of ether oxygens (including phenoxy) is 2. The smallest absolute Gasteiger partial charge is 0.319 e. The molecule has 2 N–H and O–H groups in total. The van der Waals surface area contributed by atoms with E-state index in [-0.39, 0.29) is 59.3 Å². The molecule has 12 heteroatoms. The maximum atomic E-state index is 17.0. The first-order valence-electron chi connectivity index (χ1n) is 16.5. The molecule has 0 aromatic carbocycles. The molecule has 6 heterocycles. The molecule has 242 valence electrons. The number of hydrogen-bond donors (Lipinski definition) is 2. The number of nitrogens with zero attached hydrogens (tertiary/aromatic N) is 5. The van der Waals surface area contributed by atoms with Crippen LogP contribution in [0.25, 0.3) is 10.9 Å². The molecule has 4 aliphatic heterocycles. The Morgan fingerprint density at radius 1 is 1.16 bits per heavy atom. The minimum absolute atomic E-state index is 0.0327. The number of halogens is 3. The zero-order valence-corrected chi connectivity index (χ0v) is 26.7. The fraction of sp³-hybridized carbons (Fsp3) is 0.781. The summed E-state index contributed by atoms with van der Waals surface area (Å²) in [6.07, 6.45) is 9.13. The van der Waals surface area contributed by atoms with E-state index in [9.17, 15) is 0 Å². The zero-order valence-electron chi connectivity index (χ0n) is 26.0. The van der Waals surface area contributed by atoms with E-state index in [2.05, 4.69) is 29.8 Å². The van der Waals surface area contributed by atoms with E-state index in [1.807, 2.05) is 4.90 Å². The molecule has 6 atom stereocenters. The molecule has 2 aromatic rings. The predicted molar refractivity (Wildman–Crippen MR) is 166 cm³/mol. The number of rotatable bonds is 5. The van der Waals surface area contributed by atoms with Gasteiger partial charge in [0.2, 0.25) is 0 Å². The summed E-state index contributed by atoms with van der Waals surface area (Å²) in [6.45, 7) is 3.33. The van der Waals surface area contributed by atoms with Gasteiger partial charge in [-0.2, -0.15) is 9.97 Å². The number of hydrogen-bond acceptors (Lipinski definition) is 9. The van der Waals surface area contributed by atoms with Gasteiger partial charge in [0, 0.05) is 55.2 Å². The van der Waals surface area contributed by atoms with Crippen molar-refractivity contribution in [2.45, 2.75) is 80.8 Å². The summed E-state index contributed by atoms with van der Waals surface area (Å²) in [7, 11) is 4.12. The summed E-state index contributed by atoms with van der Waals surface area (Å²) in [6, 6.07) is 0.280. The second kappa shape index (κ2) is 12.4. The SMILES string of the molecule is CN(C)CC1(COc2nc3c4cnc(c(F)c4n2)C2C(CCCCOC[C@]4(F)CCCCN3C4)C(Cl)CC3NNCC32)CC1. The number of fused-ring (bicyclic) bond motifs is 7. The Kier molecular flexibility index (Phi) is 8.63. The highest BCUT2D eigenvalue weighted by Gasteiger charge is 2.49. The van der Waals surface area contributed by atoms with Crippen LogP contribution < -0.4 is 20.5 Å². The van der Waals surface area contributed by atoms with Gasteiger partial charge in [0.25, 0.3) is 0 Å². The standard InChI is InChI=1S/C32H46ClF2N7O2/c1-41(2)16-31(9-10-31)18-44-30-38-27-22-14-36-28(26(27)34)25-20(23(33)13-24-21(25)15-37-40-24)7-3-6-12-43-19-32(35)8-4-5-11-42(17-32)29(22)39-30/h14,20-21,23-25,37,40H,3-13,15-19H2,1-2H3/t20?,21?,23?,24?,25?,32-/m0/s1. The van der Waals surface area contributed by atoms with Crippen LogP contribution in [0.3, 0.4) is 0 Å². The molecule has 6 bridgehead atoms. The summed E-state index contributed by atoms with van der Waals surface area (Å²) in [5, 5.41) is 0.360. The van der Waals surface area contributed by atoms with Gasteiger partial charge in [-0.25, -0.2) is 8.78 Å². The molecular formula is C32H46ClF2N7O2.